The molecule has 0 aliphatic carbocycles. The number of imide groups is 1. The molecule has 3 amide bonds. The van der Waals surface area contributed by atoms with Crippen LogP contribution in [0.2, 0.25) is 0 Å². The van der Waals surface area contributed by atoms with Crippen LogP contribution in [0.15, 0.2) is 24.3 Å². The van der Waals surface area contributed by atoms with Gasteiger partial charge in [-0.1, -0.05) is 18.6 Å². The average molecular weight is 357 g/mol. The maximum atomic E-state index is 12.2. The summed E-state index contributed by atoms with van der Waals surface area (Å²) in [5.41, 5.74) is 1.46. The molecule has 6 heteroatoms. The molecule has 2 aliphatic heterocycles. The van der Waals surface area contributed by atoms with E-state index in [9.17, 15) is 14.4 Å². The van der Waals surface area contributed by atoms with Crippen LogP contribution in [0, 0.1) is 0 Å². The molecular formula is C20H27N3O3. The summed E-state index contributed by atoms with van der Waals surface area (Å²) < 4.78 is 0. The average Bonchev–Trinajstić information content (AvgIpc) is 2.98. The van der Waals surface area contributed by atoms with E-state index in [1.807, 2.05) is 12.1 Å². The number of carbonyl (C=O) groups excluding carboxylic acids is 3. The van der Waals surface area contributed by atoms with Gasteiger partial charge in [-0.05, 0) is 56.6 Å². The van der Waals surface area contributed by atoms with E-state index in [2.05, 4.69) is 10.2 Å². The van der Waals surface area contributed by atoms with Gasteiger partial charge in [0.15, 0.2) is 0 Å². The van der Waals surface area contributed by atoms with Crippen LogP contribution in [-0.4, -0.2) is 53.7 Å². The lowest BCUT2D eigenvalue weighted by atomic mass is 10.1. The van der Waals surface area contributed by atoms with Crippen molar-refractivity contribution >= 4 is 17.7 Å². The Kier molecular flexibility index (Phi) is 6.39. The van der Waals surface area contributed by atoms with Crippen molar-refractivity contribution in [3.8, 4) is 0 Å². The van der Waals surface area contributed by atoms with Crippen LogP contribution in [-0.2, 0) is 16.1 Å². The molecule has 2 saturated heterocycles. The first-order valence-corrected chi connectivity index (χ1v) is 9.56. The van der Waals surface area contributed by atoms with Gasteiger partial charge in [0.1, 0.15) is 0 Å². The molecule has 1 aromatic rings. The maximum Gasteiger partial charge on any atom is 0.251 e. The van der Waals surface area contributed by atoms with E-state index in [1.54, 1.807) is 12.1 Å². The second-order valence-corrected chi connectivity index (χ2v) is 7.08. The number of nitrogens with zero attached hydrogens (tertiary/aromatic N) is 2. The van der Waals surface area contributed by atoms with Gasteiger partial charge in [0.25, 0.3) is 5.91 Å². The van der Waals surface area contributed by atoms with Crippen molar-refractivity contribution in [1.82, 2.24) is 15.1 Å². The summed E-state index contributed by atoms with van der Waals surface area (Å²) in [5, 5.41) is 2.96. The van der Waals surface area contributed by atoms with Gasteiger partial charge < -0.3 is 10.2 Å². The lowest BCUT2D eigenvalue weighted by molar-refractivity contribution is -0.139. The van der Waals surface area contributed by atoms with Crippen molar-refractivity contribution in [3.63, 3.8) is 0 Å². The summed E-state index contributed by atoms with van der Waals surface area (Å²) in [6.07, 6.45) is 5.47. The molecule has 0 radical (unpaired) electrons. The first kappa shape index (κ1) is 18.6. The Bertz CT molecular complexity index is 635. The summed E-state index contributed by atoms with van der Waals surface area (Å²) >= 11 is 0. The second-order valence-electron chi connectivity index (χ2n) is 7.08. The third-order valence-corrected chi connectivity index (χ3v) is 5.10. The molecule has 0 saturated carbocycles. The highest BCUT2D eigenvalue weighted by Crippen LogP contribution is 2.16. The van der Waals surface area contributed by atoms with Crippen LogP contribution < -0.4 is 5.32 Å². The monoisotopic (exact) mass is 357 g/mol. The van der Waals surface area contributed by atoms with E-state index < -0.39 is 0 Å². The predicted molar refractivity (Wildman–Crippen MR) is 98.5 cm³/mol. The molecule has 1 N–H and O–H groups in total. The molecule has 140 valence electrons. The smallest absolute Gasteiger partial charge is 0.251 e. The van der Waals surface area contributed by atoms with Gasteiger partial charge in [0.05, 0.1) is 6.54 Å². The van der Waals surface area contributed by atoms with Gasteiger partial charge in [0.2, 0.25) is 11.8 Å². The zero-order chi connectivity index (χ0) is 18.4. The van der Waals surface area contributed by atoms with Gasteiger partial charge in [-0.25, -0.2) is 0 Å². The Hall–Kier alpha value is -2.21. The minimum Gasteiger partial charge on any atom is -0.352 e. The molecule has 6 nitrogen and oxygen atoms in total. The molecule has 2 aliphatic rings. The van der Waals surface area contributed by atoms with Gasteiger partial charge in [-0.2, -0.15) is 0 Å². The maximum absolute atomic E-state index is 12.2. The number of hydrogen-bond acceptors (Lipinski definition) is 4. The lowest BCUT2D eigenvalue weighted by Gasteiger charge is -2.26. The molecule has 0 aromatic heterocycles. The third-order valence-electron chi connectivity index (χ3n) is 5.10. The zero-order valence-corrected chi connectivity index (χ0v) is 15.2. The van der Waals surface area contributed by atoms with Gasteiger partial charge in [-0.15, -0.1) is 0 Å². The number of benzene rings is 1. The molecule has 0 spiro atoms. The summed E-state index contributed by atoms with van der Waals surface area (Å²) in [7, 11) is 0. The third kappa shape index (κ3) is 4.91. The second kappa shape index (κ2) is 8.94. The molecule has 0 atom stereocenters. The number of hydrogen-bond donors (Lipinski definition) is 1. The largest absolute Gasteiger partial charge is 0.352 e. The number of rotatable bonds is 7. The Morgan fingerprint density at radius 2 is 1.62 bits per heavy atom. The fourth-order valence-electron chi connectivity index (χ4n) is 3.53. The van der Waals surface area contributed by atoms with Crippen molar-refractivity contribution in [3.05, 3.63) is 35.4 Å². The molecule has 0 bridgehead atoms. The molecular weight excluding hydrogens is 330 g/mol. The van der Waals surface area contributed by atoms with Crippen molar-refractivity contribution in [2.75, 3.05) is 26.2 Å². The van der Waals surface area contributed by atoms with E-state index >= 15 is 0 Å². The molecule has 1 aromatic carbocycles. The first-order chi connectivity index (χ1) is 12.6. The Morgan fingerprint density at radius 3 is 2.27 bits per heavy atom. The molecule has 26 heavy (non-hydrogen) atoms. The van der Waals surface area contributed by atoms with Crippen molar-refractivity contribution in [1.29, 1.82) is 0 Å². The van der Waals surface area contributed by atoms with Gasteiger partial charge in [0, 0.05) is 24.9 Å². The summed E-state index contributed by atoms with van der Waals surface area (Å²) in [6, 6.07) is 7.11. The van der Waals surface area contributed by atoms with Crippen LogP contribution >= 0.6 is 0 Å². The van der Waals surface area contributed by atoms with Gasteiger partial charge in [-0.3, -0.25) is 19.3 Å². The fraction of sp³-hybridized carbons (Fsp3) is 0.550. The number of amides is 3. The van der Waals surface area contributed by atoms with Crippen LogP contribution in [0.1, 0.15) is 54.4 Å². The predicted octanol–water partition coefficient (Wildman–Crippen LogP) is 1.94. The van der Waals surface area contributed by atoms with E-state index in [4.69, 9.17) is 0 Å². The lowest BCUT2D eigenvalue weighted by Crippen LogP contribution is -2.33. The molecule has 2 fully saturated rings. The van der Waals surface area contributed by atoms with Crippen LogP contribution in [0.4, 0.5) is 0 Å². The number of piperidine rings is 1. The Morgan fingerprint density at radius 1 is 0.962 bits per heavy atom. The SMILES string of the molecule is O=C(NCCCN1CCCCC1)c1ccc(CN2C(=O)CCC2=O)cc1. The molecule has 3 rings (SSSR count). The van der Waals surface area contributed by atoms with E-state index in [0.29, 0.717) is 24.9 Å². The summed E-state index contributed by atoms with van der Waals surface area (Å²) in [5.74, 6) is -0.320. The van der Waals surface area contributed by atoms with E-state index in [-0.39, 0.29) is 24.3 Å². The van der Waals surface area contributed by atoms with E-state index in [0.717, 1.165) is 18.5 Å². The Labute approximate surface area is 154 Å². The quantitative estimate of drug-likeness (QED) is 0.598. The minimum atomic E-state index is -0.120. The van der Waals surface area contributed by atoms with Crippen molar-refractivity contribution in [2.24, 2.45) is 0 Å². The summed E-state index contributed by atoms with van der Waals surface area (Å²) in [4.78, 5) is 39.3. The van der Waals surface area contributed by atoms with Crippen LogP contribution in [0.5, 0.6) is 0 Å². The first-order valence-electron chi connectivity index (χ1n) is 9.56. The zero-order valence-electron chi connectivity index (χ0n) is 15.2. The topological polar surface area (TPSA) is 69.7 Å². The van der Waals surface area contributed by atoms with Crippen LogP contribution in [0.3, 0.4) is 0 Å². The highest BCUT2D eigenvalue weighted by atomic mass is 16.2. The van der Waals surface area contributed by atoms with Crippen LogP contribution in [0.25, 0.3) is 0 Å². The van der Waals surface area contributed by atoms with E-state index in [1.165, 1.54) is 37.3 Å². The Balaban J connectivity index is 1.41. The summed E-state index contributed by atoms with van der Waals surface area (Å²) in [6.45, 7) is 4.36. The highest BCUT2D eigenvalue weighted by Gasteiger charge is 2.28. The fourth-order valence-corrected chi connectivity index (χ4v) is 3.53. The van der Waals surface area contributed by atoms with Crippen molar-refractivity contribution < 1.29 is 14.4 Å². The number of nitrogens with one attached hydrogen (secondary N) is 1. The van der Waals surface area contributed by atoms with Gasteiger partial charge >= 0.3 is 0 Å². The highest BCUT2D eigenvalue weighted by molar-refractivity contribution is 6.01. The minimum absolute atomic E-state index is 0.0801. The normalized spacial score (nSPS) is 18.4. The number of likely N-dealkylation sites (tertiary alicyclic amines) is 2. The number of carbonyl (C=O) groups is 3. The molecule has 2 heterocycles. The standard InChI is InChI=1S/C20H27N3O3/c24-18-9-10-19(25)23(18)15-16-5-7-17(8-6-16)20(26)21-11-4-14-22-12-2-1-3-13-22/h5-8H,1-4,9-15H2,(H,21,26). The van der Waals surface area contributed by atoms with Crippen molar-refractivity contribution in [2.45, 2.75) is 45.1 Å². The molecule has 0 unspecified atom stereocenters.